The SMILES string of the molecule is Cn1c(CN)nc(C2CCCC2)c1Cl. The molecule has 1 aliphatic rings. The second kappa shape index (κ2) is 3.91. The van der Waals surface area contributed by atoms with Crippen LogP contribution in [0.4, 0.5) is 0 Å². The zero-order chi connectivity index (χ0) is 10.1. The average molecular weight is 214 g/mol. The molecule has 78 valence electrons. The van der Waals surface area contributed by atoms with Crippen molar-refractivity contribution in [3.05, 3.63) is 16.7 Å². The first-order chi connectivity index (χ1) is 6.74. The fraction of sp³-hybridized carbons (Fsp3) is 0.700. The van der Waals surface area contributed by atoms with Gasteiger partial charge in [0.15, 0.2) is 0 Å². The molecule has 0 atom stereocenters. The molecule has 1 aliphatic carbocycles. The normalized spacial score (nSPS) is 17.9. The molecule has 0 radical (unpaired) electrons. The van der Waals surface area contributed by atoms with Gasteiger partial charge in [0.1, 0.15) is 11.0 Å². The number of rotatable bonds is 2. The largest absolute Gasteiger partial charge is 0.324 e. The topological polar surface area (TPSA) is 43.8 Å². The van der Waals surface area contributed by atoms with Crippen molar-refractivity contribution < 1.29 is 0 Å². The van der Waals surface area contributed by atoms with Crippen LogP contribution in [0.1, 0.15) is 43.1 Å². The lowest BCUT2D eigenvalue weighted by molar-refractivity contribution is 0.699. The Bertz CT molecular complexity index is 326. The van der Waals surface area contributed by atoms with Gasteiger partial charge in [-0.3, -0.25) is 0 Å². The van der Waals surface area contributed by atoms with E-state index in [1.165, 1.54) is 25.7 Å². The van der Waals surface area contributed by atoms with Gasteiger partial charge in [0.25, 0.3) is 0 Å². The summed E-state index contributed by atoms with van der Waals surface area (Å²) in [5.41, 5.74) is 6.65. The number of hydrogen-bond acceptors (Lipinski definition) is 2. The minimum atomic E-state index is 0.461. The standard InChI is InChI=1S/C10H16ClN3/c1-14-8(6-12)13-9(10(14)11)7-4-2-3-5-7/h7H,2-6,12H2,1H3. The Kier molecular flexibility index (Phi) is 2.79. The predicted molar refractivity (Wildman–Crippen MR) is 57.3 cm³/mol. The van der Waals surface area contributed by atoms with Gasteiger partial charge in [-0.1, -0.05) is 24.4 Å². The molecular weight excluding hydrogens is 198 g/mol. The van der Waals surface area contributed by atoms with E-state index in [9.17, 15) is 0 Å². The van der Waals surface area contributed by atoms with Crippen LogP contribution in [-0.2, 0) is 13.6 Å². The molecule has 0 aromatic carbocycles. The fourth-order valence-corrected chi connectivity index (χ4v) is 2.48. The van der Waals surface area contributed by atoms with Crippen molar-refractivity contribution in [1.29, 1.82) is 0 Å². The van der Waals surface area contributed by atoms with Crippen LogP contribution in [0.2, 0.25) is 5.15 Å². The summed E-state index contributed by atoms with van der Waals surface area (Å²) in [6.07, 6.45) is 5.05. The molecular formula is C10H16ClN3. The summed E-state index contributed by atoms with van der Waals surface area (Å²) in [5.74, 6) is 1.45. The van der Waals surface area contributed by atoms with Crippen LogP contribution in [0, 0.1) is 0 Å². The third-order valence-electron chi connectivity index (χ3n) is 3.07. The summed E-state index contributed by atoms with van der Waals surface area (Å²) in [6.45, 7) is 0.461. The monoisotopic (exact) mass is 213 g/mol. The van der Waals surface area contributed by atoms with Crippen LogP contribution < -0.4 is 5.73 Å². The van der Waals surface area contributed by atoms with Gasteiger partial charge in [0.2, 0.25) is 0 Å². The Balaban J connectivity index is 2.32. The van der Waals surface area contributed by atoms with Gasteiger partial charge < -0.3 is 10.3 Å². The number of aromatic nitrogens is 2. The van der Waals surface area contributed by atoms with Crippen molar-refractivity contribution >= 4 is 11.6 Å². The predicted octanol–water partition coefficient (Wildman–Crippen LogP) is 2.19. The molecule has 0 saturated heterocycles. The summed E-state index contributed by atoms with van der Waals surface area (Å²) in [7, 11) is 1.93. The van der Waals surface area contributed by atoms with Crippen LogP contribution >= 0.6 is 11.6 Å². The van der Waals surface area contributed by atoms with Crippen molar-refractivity contribution in [2.75, 3.05) is 0 Å². The summed E-state index contributed by atoms with van der Waals surface area (Å²) in [6, 6.07) is 0. The fourth-order valence-electron chi connectivity index (χ4n) is 2.19. The van der Waals surface area contributed by atoms with E-state index in [2.05, 4.69) is 4.98 Å². The second-order valence-electron chi connectivity index (χ2n) is 3.95. The average Bonchev–Trinajstić information content (AvgIpc) is 2.78. The van der Waals surface area contributed by atoms with Crippen LogP contribution in [-0.4, -0.2) is 9.55 Å². The highest BCUT2D eigenvalue weighted by atomic mass is 35.5. The molecule has 2 N–H and O–H groups in total. The van der Waals surface area contributed by atoms with E-state index in [0.717, 1.165) is 16.7 Å². The number of nitrogens with zero attached hydrogens (tertiary/aromatic N) is 2. The van der Waals surface area contributed by atoms with Gasteiger partial charge in [-0.15, -0.1) is 0 Å². The smallest absolute Gasteiger partial charge is 0.132 e. The van der Waals surface area contributed by atoms with E-state index in [0.29, 0.717) is 12.5 Å². The molecule has 0 aliphatic heterocycles. The minimum Gasteiger partial charge on any atom is -0.324 e. The van der Waals surface area contributed by atoms with E-state index in [-0.39, 0.29) is 0 Å². The third-order valence-corrected chi connectivity index (χ3v) is 3.51. The Morgan fingerprint density at radius 1 is 1.50 bits per heavy atom. The Morgan fingerprint density at radius 3 is 2.64 bits per heavy atom. The molecule has 1 aromatic heterocycles. The molecule has 1 fully saturated rings. The van der Waals surface area contributed by atoms with Crippen molar-refractivity contribution in [2.45, 2.75) is 38.1 Å². The summed E-state index contributed by atoms with van der Waals surface area (Å²) < 4.78 is 1.90. The van der Waals surface area contributed by atoms with Crippen molar-refractivity contribution in [3.8, 4) is 0 Å². The second-order valence-corrected chi connectivity index (χ2v) is 4.31. The van der Waals surface area contributed by atoms with Gasteiger partial charge in [-0.05, 0) is 12.8 Å². The Morgan fingerprint density at radius 2 is 2.14 bits per heavy atom. The summed E-state index contributed by atoms with van der Waals surface area (Å²) >= 11 is 6.22. The summed E-state index contributed by atoms with van der Waals surface area (Å²) in [4.78, 5) is 4.52. The number of nitrogens with two attached hydrogens (primary N) is 1. The van der Waals surface area contributed by atoms with E-state index >= 15 is 0 Å². The lowest BCUT2D eigenvalue weighted by atomic mass is 10.1. The Hall–Kier alpha value is -0.540. The summed E-state index contributed by atoms with van der Waals surface area (Å²) in [5, 5.41) is 0.775. The van der Waals surface area contributed by atoms with Gasteiger partial charge >= 0.3 is 0 Å². The molecule has 1 saturated carbocycles. The lowest BCUT2D eigenvalue weighted by Gasteiger charge is -2.05. The first-order valence-corrected chi connectivity index (χ1v) is 5.53. The molecule has 4 heteroatoms. The molecule has 3 nitrogen and oxygen atoms in total. The van der Waals surface area contributed by atoms with E-state index in [1.54, 1.807) is 0 Å². The number of halogens is 1. The quantitative estimate of drug-likeness (QED) is 0.819. The zero-order valence-electron chi connectivity index (χ0n) is 8.46. The molecule has 0 spiro atoms. The third kappa shape index (κ3) is 1.55. The van der Waals surface area contributed by atoms with Gasteiger partial charge in [0.05, 0.1) is 12.2 Å². The molecule has 0 bridgehead atoms. The number of hydrogen-bond donors (Lipinski definition) is 1. The van der Waals surface area contributed by atoms with Crippen LogP contribution in [0.15, 0.2) is 0 Å². The molecule has 1 aromatic rings. The van der Waals surface area contributed by atoms with Gasteiger partial charge in [0, 0.05) is 13.0 Å². The molecule has 2 rings (SSSR count). The van der Waals surface area contributed by atoms with Crippen LogP contribution in [0.3, 0.4) is 0 Å². The maximum absolute atomic E-state index is 6.22. The molecule has 0 unspecified atom stereocenters. The van der Waals surface area contributed by atoms with Crippen molar-refractivity contribution in [2.24, 2.45) is 12.8 Å². The maximum atomic E-state index is 6.22. The highest BCUT2D eigenvalue weighted by Crippen LogP contribution is 2.36. The van der Waals surface area contributed by atoms with E-state index in [1.807, 2.05) is 11.6 Å². The van der Waals surface area contributed by atoms with Crippen molar-refractivity contribution in [3.63, 3.8) is 0 Å². The number of imidazole rings is 1. The first-order valence-electron chi connectivity index (χ1n) is 5.15. The first kappa shape index (κ1) is 9.99. The Labute approximate surface area is 89.3 Å². The molecule has 1 heterocycles. The van der Waals surface area contributed by atoms with Gasteiger partial charge in [-0.25, -0.2) is 4.98 Å². The van der Waals surface area contributed by atoms with E-state index < -0.39 is 0 Å². The van der Waals surface area contributed by atoms with Gasteiger partial charge in [-0.2, -0.15) is 0 Å². The highest BCUT2D eigenvalue weighted by Gasteiger charge is 2.24. The van der Waals surface area contributed by atoms with E-state index in [4.69, 9.17) is 17.3 Å². The zero-order valence-corrected chi connectivity index (χ0v) is 9.22. The molecule has 14 heavy (non-hydrogen) atoms. The lowest BCUT2D eigenvalue weighted by Crippen LogP contribution is -2.04. The van der Waals surface area contributed by atoms with Crippen LogP contribution in [0.25, 0.3) is 0 Å². The van der Waals surface area contributed by atoms with Crippen molar-refractivity contribution in [1.82, 2.24) is 9.55 Å². The molecule has 0 amide bonds. The van der Waals surface area contributed by atoms with Crippen LogP contribution in [0.5, 0.6) is 0 Å². The minimum absolute atomic E-state index is 0.461. The highest BCUT2D eigenvalue weighted by molar-refractivity contribution is 6.30. The maximum Gasteiger partial charge on any atom is 0.132 e.